The summed E-state index contributed by atoms with van der Waals surface area (Å²) in [6.07, 6.45) is 3.27. The number of nitrogens with zero attached hydrogens (tertiary/aromatic N) is 1. The lowest BCUT2D eigenvalue weighted by molar-refractivity contribution is 0.0323. The normalized spacial score (nSPS) is 21.5. The maximum atomic E-state index is 12.9. The molecule has 0 fully saturated rings. The lowest BCUT2D eigenvalue weighted by atomic mass is 10.0. The quantitative estimate of drug-likeness (QED) is 0.842. The molecule has 0 bridgehead atoms. The van der Waals surface area contributed by atoms with Gasteiger partial charge < -0.3 is 15.6 Å². The van der Waals surface area contributed by atoms with E-state index in [1.807, 2.05) is 52.0 Å². The number of quaternary nitrogens is 1. The van der Waals surface area contributed by atoms with Gasteiger partial charge in [0.1, 0.15) is 18.3 Å². The Bertz CT molecular complexity index is 602. The Balaban J connectivity index is 2.57. The fourth-order valence-corrected chi connectivity index (χ4v) is 2.76. The summed E-state index contributed by atoms with van der Waals surface area (Å²) in [5.41, 5.74) is 8.12. The Kier molecular flexibility index (Phi) is 4.42. The van der Waals surface area contributed by atoms with Gasteiger partial charge in [-0.1, -0.05) is 12.1 Å². The van der Waals surface area contributed by atoms with E-state index in [0.29, 0.717) is 0 Å². The smallest absolute Gasteiger partial charge is 0.414 e. The van der Waals surface area contributed by atoms with Gasteiger partial charge in [0.15, 0.2) is 5.69 Å². The second-order valence-electron chi connectivity index (χ2n) is 6.69. The summed E-state index contributed by atoms with van der Waals surface area (Å²) in [7, 11) is 0. The number of nitrogens with two attached hydrogens (primary N) is 1. The second-order valence-corrected chi connectivity index (χ2v) is 6.69. The molecule has 120 valence electrons. The third-order valence-electron chi connectivity index (χ3n) is 3.67. The minimum absolute atomic E-state index is 0.129. The van der Waals surface area contributed by atoms with Gasteiger partial charge in [0.25, 0.3) is 0 Å². The SMILES string of the molecule is CC(N)c1cccc2c1[N+](CCO)(C(=O)OC(C)(C)C)C=C2. The van der Waals surface area contributed by atoms with Crippen LogP contribution in [0.15, 0.2) is 24.4 Å². The summed E-state index contributed by atoms with van der Waals surface area (Å²) in [5.74, 6) is 0. The van der Waals surface area contributed by atoms with Gasteiger partial charge in [0, 0.05) is 23.2 Å². The number of aliphatic hydroxyl groups excluding tert-OH is 1. The van der Waals surface area contributed by atoms with Crippen molar-refractivity contribution in [1.29, 1.82) is 0 Å². The molecular weight excluding hydrogens is 280 g/mol. The van der Waals surface area contributed by atoms with Gasteiger partial charge >= 0.3 is 6.09 Å². The third-order valence-corrected chi connectivity index (χ3v) is 3.67. The first-order valence-electron chi connectivity index (χ1n) is 7.52. The molecule has 2 rings (SSSR count). The molecule has 1 aromatic rings. The van der Waals surface area contributed by atoms with Crippen LogP contribution in [-0.2, 0) is 4.74 Å². The van der Waals surface area contributed by atoms with Crippen LogP contribution in [0, 0.1) is 0 Å². The van der Waals surface area contributed by atoms with Crippen LogP contribution in [0.1, 0.15) is 44.9 Å². The predicted octanol–water partition coefficient (Wildman–Crippen LogP) is 2.93. The van der Waals surface area contributed by atoms with E-state index in [9.17, 15) is 9.90 Å². The van der Waals surface area contributed by atoms with Crippen molar-refractivity contribution in [1.82, 2.24) is 4.48 Å². The van der Waals surface area contributed by atoms with Crippen molar-refractivity contribution in [3.63, 3.8) is 0 Å². The molecule has 5 nitrogen and oxygen atoms in total. The van der Waals surface area contributed by atoms with Gasteiger partial charge in [-0.15, -0.1) is 0 Å². The van der Waals surface area contributed by atoms with E-state index in [-0.39, 0.29) is 23.7 Å². The molecule has 1 amide bonds. The van der Waals surface area contributed by atoms with Gasteiger partial charge in [0.05, 0.1) is 6.61 Å². The molecule has 0 saturated heterocycles. The van der Waals surface area contributed by atoms with Crippen molar-refractivity contribution in [2.24, 2.45) is 5.73 Å². The zero-order chi connectivity index (χ0) is 16.5. The number of ether oxygens (including phenoxy) is 1. The van der Waals surface area contributed by atoms with Crippen LogP contribution >= 0.6 is 0 Å². The monoisotopic (exact) mass is 305 g/mol. The number of hydrogen-bond donors (Lipinski definition) is 2. The fraction of sp³-hybridized carbons (Fsp3) is 0.471. The van der Waals surface area contributed by atoms with E-state index < -0.39 is 11.7 Å². The molecule has 3 N–H and O–H groups in total. The van der Waals surface area contributed by atoms with Crippen LogP contribution < -0.4 is 10.2 Å². The molecule has 0 saturated carbocycles. The molecule has 1 aliphatic heterocycles. The molecule has 2 atom stereocenters. The van der Waals surface area contributed by atoms with Gasteiger partial charge in [-0.3, -0.25) is 0 Å². The summed E-state index contributed by atoms with van der Waals surface area (Å²) in [6.45, 7) is 7.48. The van der Waals surface area contributed by atoms with Crippen LogP contribution in [0.5, 0.6) is 0 Å². The first kappa shape index (κ1) is 16.7. The van der Waals surface area contributed by atoms with E-state index >= 15 is 0 Å². The van der Waals surface area contributed by atoms with E-state index in [1.54, 1.807) is 6.20 Å². The molecule has 0 spiro atoms. The second kappa shape index (κ2) is 5.83. The Morgan fingerprint density at radius 3 is 2.64 bits per heavy atom. The summed E-state index contributed by atoms with van der Waals surface area (Å²) < 4.78 is 5.45. The van der Waals surface area contributed by atoms with E-state index in [2.05, 4.69) is 0 Å². The minimum Gasteiger partial charge on any atom is -0.414 e. The topological polar surface area (TPSA) is 72.5 Å². The molecule has 0 aliphatic carbocycles. The van der Waals surface area contributed by atoms with Crippen LogP contribution in [0.25, 0.3) is 6.08 Å². The van der Waals surface area contributed by atoms with E-state index in [4.69, 9.17) is 10.5 Å². The van der Waals surface area contributed by atoms with Crippen molar-refractivity contribution in [3.8, 4) is 0 Å². The highest BCUT2D eigenvalue weighted by molar-refractivity contribution is 5.93. The third kappa shape index (κ3) is 2.92. The molecule has 22 heavy (non-hydrogen) atoms. The largest absolute Gasteiger partial charge is 0.526 e. The number of fused-ring (bicyclic) bond motifs is 1. The molecule has 5 heteroatoms. The van der Waals surface area contributed by atoms with Crippen LogP contribution in [0.3, 0.4) is 0 Å². The number of para-hydroxylation sites is 1. The Morgan fingerprint density at radius 1 is 1.41 bits per heavy atom. The van der Waals surface area contributed by atoms with E-state index in [0.717, 1.165) is 16.8 Å². The number of amides is 1. The van der Waals surface area contributed by atoms with Gasteiger partial charge in [-0.2, -0.15) is 9.28 Å². The van der Waals surface area contributed by atoms with Crippen molar-refractivity contribution < 1.29 is 14.6 Å². The Morgan fingerprint density at radius 2 is 2.09 bits per heavy atom. The van der Waals surface area contributed by atoms with Crippen LogP contribution in [0.4, 0.5) is 10.5 Å². The number of benzene rings is 1. The summed E-state index contributed by atoms with van der Waals surface area (Å²) in [5, 5.41) is 9.51. The van der Waals surface area contributed by atoms with Gasteiger partial charge in [-0.25, -0.2) is 0 Å². The maximum Gasteiger partial charge on any atom is 0.526 e. The number of hydrogen-bond acceptors (Lipinski definition) is 4. The number of rotatable bonds is 3. The van der Waals surface area contributed by atoms with Gasteiger partial charge in [0.2, 0.25) is 0 Å². The first-order chi connectivity index (χ1) is 10.2. The first-order valence-corrected chi connectivity index (χ1v) is 7.52. The summed E-state index contributed by atoms with van der Waals surface area (Å²) >= 11 is 0. The number of carbonyl (C=O) groups excluding carboxylic acids is 1. The lowest BCUT2D eigenvalue weighted by Gasteiger charge is -2.32. The minimum atomic E-state index is -0.600. The maximum absolute atomic E-state index is 12.9. The lowest BCUT2D eigenvalue weighted by Crippen LogP contribution is -2.53. The molecular formula is C17H25N2O3+. The highest BCUT2D eigenvalue weighted by atomic mass is 16.6. The average Bonchev–Trinajstić information content (AvgIpc) is 2.77. The Hall–Kier alpha value is -1.69. The highest BCUT2D eigenvalue weighted by Crippen LogP contribution is 2.41. The zero-order valence-electron chi connectivity index (χ0n) is 13.7. The molecule has 0 radical (unpaired) electrons. The number of carbonyl (C=O) groups is 1. The highest BCUT2D eigenvalue weighted by Gasteiger charge is 2.47. The Labute approximate surface area is 131 Å². The summed E-state index contributed by atoms with van der Waals surface area (Å²) in [6, 6.07) is 5.58. The molecule has 2 unspecified atom stereocenters. The fourth-order valence-electron chi connectivity index (χ4n) is 2.76. The standard InChI is InChI=1S/C17H25N2O3/c1-12(18)14-7-5-6-13-8-9-19(10-11-20,15(13)14)16(21)22-17(2,3)4/h5-9,12,20H,10-11,18H2,1-4H3/q+1. The van der Waals surface area contributed by atoms with Crippen molar-refractivity contribution >= 4 is 17.9 Å². The molecule has 1 heterocycles. The van der Waals surface area contributed by atoms with Crippen molar-refractivity contribution in [2.75, 3.05) is 13.2 Å². The van der Waals surface area contributed by atoms with Crippen molar-refractivity contribution in [2.45, 2.75) is 39.3 Å². The molecule has 1 aromatic carbocycles. The predicted molar refractivity (Wildman–Crippen MR) is 88.1 cm³/mol. The zero-order valence-corrected chi connectivity index (χ0v) is 13.7. The average molecular weight is 305 g/mol. The summed E-state index contributed by atoms with van der Waals surface area (Å²) in [4.78, 5) is 12.9. The van der Waals surface area contributed by atoms with Gasteiger partial charge in [-0.05, 0) is 33.8 Å². The molecule has 1 aliphatic rings. The van der Waals surface area contributed by atoms with Crippen molar-refractivity contribution in [3.05, 3.63) is 35.5 Å². The number of aliphatic hydroxyl groups is 1. The molecule has 0 aromatic heterocycles. The van der Waals surface area contributed by atoms with E-state index in [1.165, 1.54) is 0 Å². The van der Waals surface area contributed by atoms with Crippen LogP contribution in [0.2, 0.25) is 0 Å². The van der Waals surface area contributed by atoms with Crippen LogP contribution in [-0.4, -0.2) is 30.0 Å².